The van der Waals surface area contributed by atoms with Crippen LogP contribution in [0.4, 0.5) is 5.13 Å². The molecule has 1 aromatic carbocycles. The highest BCUT2D eigenvalue weighted by Gasteiger charge is 2.15. The molecule has 136 valence electrons. The highest BCUT2D eigenvalue weighted by Crippen LogP contribution is 2.26. The summed E-state index contributed by atoms with van der Waals surface area (Å²) in [7, 11) is 0. The fourth-order valence-corrected chi connectivity index (χ4v) is 3.94. The highest BCUT2D eigenvalue weighted by molar-refractivity contribution is 7.99. The number of carbonyl (C=O) groups is 1. The molecule has 0 fully saturated rings. The van der Waals surface area contributed by atoms with Gasteiger partial charge in [-0.15, -0.1) is 20.4 Å². The van der Waals surface area contributed by atoms with Gasteiger partial charge in [0, 0.05) is 17.1 Å². The number of anilines is 1. The van der Waals surface area contributed by atoms with Crippen LogP contribution in [0, 0.1) is 0 Å². The van der Waals surface area contributed by atoms with Gasteiger partial charge in [-0.1, -0.05) is 53.8 Å². The van der Waals surface area contributed by atoms with Gasteiger partial charge >= 0.3 is 0 Å². The number of hydrogen-bond acceptors (Lipinski definition) is 7. The van der Waals surface area contributed by atoms with Crippen molar-refractivity contribution in [2.45, 2.75) is 32.0 Å². The van der Waals surface area contributed by atoms with Crippen molar-refractivity contribution >= 4 is 45.7 Å². The zero-order valence-corrected chi connectivity index (χ0v) is 16.7. The predicted octanol–water partition coefficient (Wildman–Crippen LogP) is 3.76. The lowest BCUT2D eigenvalue weighted by Crippen LogP contribution is -2.14. The van der Waals surface area contributed by atoms with E-state index in [9.17, 15) is 4.79 Å². The quantitative estimate of drug-likeness (QED) is 0.599. The minimum Gasteiger partial charge on any atom is -0.302 e. The molecule has 0 bridgehead atoms. The van der Waals surface area contributed by atoms with Gasteiger partial charge in [-0.3, -0.25) is 10.1 Å². The van der Waals surface area contributed by atoms with E-state index >= 15 is 0 Å². The van der Waals surface area contributed by atoms with Crippen LogP contribution >= 0.6 is 34.7 Å². The van der Waals surface area contributed by atoms with Crippen molar-refractivity contribution in [3.05, 3.63) is 34.3 Å². The molecular formula is C16H17ClN6OS2. The van der Waals surface area contributed by atoms with E-state index in [1.807, 2.05) is 42.7 Å². The summed E-state index contributed by atoms with van der Waals surface area (Å²) >= 11 is 8.78. The first-order valence-corrected chi connectivity index (χ1v) is 10.2. The zero-order valence-electron chi connectivity index (χ0n) is 14.3. The summed E-state index contributed by atoms with van der Waals surface area (Å²) in [5, 5.41) is 21.9. The lowest BCUT2D eigenvalue weighted by Gasteiger charge is -2.07. The van der Waals surface area contributed by atoms with E-state index in [0.29, 0.717) is 21.9 Å². The molecule has 3 aromatic rings. The Hall–Kier alpha value is -1.97. The number of halogens is 1. The van der Waals surface area contributed by atoms with Crippen molar-refractivity contribution in [3.8, 4) is 11.4 Å². The Balaban J connectivity index is 1.67. The van der Waals surface area contributed by atoms with Crippen LogP contribution in [0.25, 0.3) is 11.4 Å². The van der Waals surface area contributed by atoms with Crippen molar-refractivity contribution in [2.24, 2.45) is 0 Å². The fraction of sp³-hybridized carbons (Fsp3) is 0.312. The van der Waals surface area contributed by atoms with Crippen LogP contribution in [0.5, 0.6) is 0 Å². The molecule has 0 radical (unpaired) electrons. The number of nitrogens with one attached hydrogen (secondary N) is 1. The number of carbonyl (C=O) groups excluding carboxylic acids is 1. The second-order valence-electron chi connectivity index (χ2n) is 5.25. The molecule has 10 heteroatoms. The van der Waals surface area contributed by atoms with Gasteiger partial charge < -0.3 is 4.57 Å². The normalized spacial score (nSPS) is 10.9. The van der Waals surface area contributed by atoms with Crippen LogP contribution in [0.2, 0.25) is 5.02 Å². The molecule has 26 heavy (non-hydrogen) atoms. The van der Waals surface area contributed by atoms with Crippen molar-refractivity contribution in [3.63, 3.8) is 0 Å². The Morgan fingerprint density at radius 3 is 2.81 bits per heavy atom. The number of aromatic nitrogens is 5. The number of thioether (sulfide) groups is 1. The molecule has 2 aromatic heterocycles. The summed E-state index contributed by atoms with van der Waals surface area (Å²) in [4.78, 5) is 12.1. The second kappa shape index (κ2) is 8.61. The van der Waals surface area contributed by atoms with E-state index in [1.54, 1.807) is 0 Å². The van der Waals surface area contributed by atoms with Gasteiger partial charge in [0.25, 0.3) is 0 Å². The first kappa shape index (κ1) is 18.8. The smallest absolute Gasteiger partial charge is 0.236 e. The van der Waals surface area contributed by atoms with E-state index in [2.05, 4.69) is 25.7 Å². The van der Waals surface area contributed by atoms with Crippen LogP contribution in [-0.2, 0) is 17.8 Å². The number of rotatable bonds is 7. The molecule has 0 atom stereocenters. The first-order valence-electron chi connectivity index (χ1n) is 8.04. The summed E-state index contributed by atoms with van der Waals surface area (Å²) in [6, 6.07) is 7.47. The molecule has 0 saturated heterocycles. The number of aryl methyl sites for hydroxylation is 1. The number of amides is 1. The van der Waals surface area contributed by atoms with Crippen LogP contribution in [0.3, 0.4) is 0 Å². The maximum atomic E-state index is 12.1. The van der Waals surface area contributed by atoms with Gasteiger partial charge in [0.1, 0.15) is 5.01 Å². The van der Waals surface area contributed by atoms with Crippen molar-refractivity contribution in [2.75, 3.05) is 11.1 Å². The molecule has 1 N–H and O–H groups in total. The third kappa shape index (κ3) is 4.40. The minimum atomic E-state index is -0.149. The Bertz CT molecular complexity index is 910. The van der Waals surface area contributed by atoms with Crippen LogP contribution < -0.4 is 5.32 Å². The molecule has 0 aliphatic rings. The molecule has 7 nitrogen and oxygen atoms in total. The molecular weight excluding hydrogens is 392 g/mol. The minimum absolute atomic E-state index is 0.149. The Labute approximate surface area is 164 Å². The predicted molar refractivity (Wildman–Crippen MR) is 105 cm³/mol. The fourth-order valence-electron chi connectivity index (χ4n) is 2.25. The molecule has 0 spiro atoms. The third-order valence-electron chi connectivity index (χ3n) is 3.46. The van der Waals surface area contributed by atoms with Gasteiger partial charge in [-0.25, -0.2) is 0 Å². The maximum Gasteiger partial charge on any atom is 0.236 e. The SMILES string of the molecule is CCc1nnc(NC(=O)CSc2nnc(-c3cccc(Cl)c3)n2CC)s1. The summed E-state index contributed by atoms with van der Waals surface area (Å²) < 4.78 is 1.96. The van der Waals surface area contributed by atoms with Gasteiger partial charge in [-0.2, -0.15) is 0 Å². The largest absolute Gasteiger partial charge is 0.302 e. The van der Waals surface area contributed by atoms with Crippen molar-refractivity contribution in [1.29, 1.82) is 0 Å². The van der Waals surface area contributed by atoms with E-state index in [1.165, 1.54) is 23.1 Å². The van der Waals surface area contributed by atoms with E-state index in [-0.39, 0.29) is 11.7 Å². The summed E-state index contributed by atoms with van der Waals surface area (Å²) in [6.45, 7) is 4.70. The average Bonchev–Trinajstić information content (AvgIpc) is 3.26. The summed E-state index contributed by atoms with van der Waals surface area (Å²) in [6.07, 6.45) is 0.800. The van der Waals surface area contributed by atoms with Gasteiger partial charge in [0.2, 0.25) is 11.0 Å². The Kier molecular flexibility index (Phi) is 6.23. The summed E-state index contributed by atoms with van der Waals surface area (Å²) in [5.41, 5.74) is 0.893. The van der Waals surface area contributed by atoms with Crippen molar-refractivity contribution < 1.29 is 4.79 Å². The van der Waals surface area contributed by atoms with Crippen LogP contribution in [-0.4, -0.2) is 36.6 Å². The van der Waals surface area contributed by atoms with E-state index < -0.39 is 0 Å². The zero-order chi connectivity index (χ0) is 18.5. The molecule has 0 aliphatic heterocycles. The van der Waals surface area contributed by atoms with Gasteiger partial charge in [0.15, 0.2) is 11.0 Å². The maximum absolute atomic E-state index is 12.1. The van der Waals surface area contributed by atoms with Crippen LogP contribution in [0.15, 0.2) is 29.4 Å². The number of hydrogen-bond donors (Lipinski definition) is 1. The van der Waals surface area contributed by atoms with Gasteiger partial charge in [-0.05, 0) is 25.5 Å². The molecule has 1 amide bonds. The molecule has 0 unspecified atom stereocenters. The second-order valence-corrected chi connectivity index (χ2v) is 7.69. The molecule has 2 heterocycles. The first-order chi connectivity index (χ1) is 12.6. The Morgan fingerprint density at radius 2 is 2.12 bits per heavy atom. The van der Waals surface area contributed by atoms with E-state index in [4.69, 9.17) is 11.6 Å². The van der Waals surface area contributed by atoms with Gasteiger partial charge in [0.05, 0.1) is 5.75 Å². The molecule has 0 aliphatic carbocycles. The third-order valence-corrected chi connectivity index (χ3v) is 5.65. The lowest BCUT2D eigenvalue weighted by atomic mass is 10.2. The monoisotopic (exact) mass is 408 g/mol. The van der Waals surface area contributed by atoms with E-state index in [0.717, 1.165) is 22.8 Å². The summed E-state index contributed by atoms with van der Waals surface area (Å²) in [5.74, 6) is 0.799. The lowest BCUT2D eigenvalue weighted by molar-refractivity contribution is -0.113. The number of nitrogens with zero attached hydrogens (tertiary/aromatic N) is 5. The molecule has 3 rings (SSSR count). The standard InChI is InChI=1S/C16H17ClN6OS2/c1-3-13-19-21-15(26-13)18-12(24)9-25-16-22-20-14(23(16)4-2)10-6-5-7-11(17)8-10/h5-8H,3-4,9H2,1-2H3,(H,18,21,24). The van der Waals surface area contributed by atoms with Crippen LogP contribution in [0.1, 0.15) is 18.9 Å². The van der Waals surface area contributed by atoms with Crippen molar-refractivity contribution in [1.82, 2.24) is 25.0 Å². The number of benzene rings is 1. The highest BCUT2D eigenvalue weighted by atomic mass is 35.5. The average molecular weight is 409 g/mol. The molecule has 0 saturated carbocycles. The topological polar surface area (TPSA) is 85.6 Å². The Morgan fingerprint density at radius 1 is 1.27 bits per heavy atom.